The van der Waals surface area contributed by atoms with Crippen molar-refractivity contribution >= 4 is 29.6 Å². The van der Waals surface area contributed by atoms with Crippen LogP contribution in [-0.4, -0.2) is 50.3 Å². The Bertz CT molecular complexity index is 667. The van der Waals surface area contributed by atoms with Crippen molar-refractivity contribution in [2.75, 3.05) is 0 Å². The quantitative estimate of drug-likeness (QED) is 0.478. The molecule has 1 aromatic carbocycles. The molecule has 4 atom stereocenters. The molecule has 0 bridgehead atoms. The van der Waals surface area contributed by atoms with Gasteiger partial charge in [-0.2, -0.15) is 0 Å². The number of amides is 1. The predicted molar refractivity (Wildman–Crippen MR) is 93.0 cm³/mol. The number of carbonyl (C=O) groups is 3. The fraction of sp³-hybridized carbons (Fsp3) is 0.438. The molecule has 2 rings (SSSR count). The predicted octanol–water partition coefficient (Wildman–Crippen LogP) is 0.150. The van der Waals surface area contributed by atoms with Crippen molar-refractivity contribution < 1.29 is 24.6 Å². The molecule has 0 saturated carbocycles. The van der Waals surface area contributed by atoms with E-state index in [1.807, 2.05) is 0 Å². The molecule has 0 radical (unpaired) electrons. The van der Waals surface area contributed by atoms with E-state index in [1.54, 1.807) is 44.2 Å². The fourth-order valence-corrected chi connectivity index (χ4v) is 4.13. The molecule has 1 saturated heterocycles. The molecule has 6 N–H and O–H groups in total. The lowest BCUT2D eigenvalue weighted by Gasteiger charge is -2.23. The van der Waals surface area contributed by atoms with Crippen molar-refractivity contribution in [3.05, 3.63) is 35.9 Å². The molecule has 0 unspecified atom stereocenters. The molecule has 1 aromatic rings. The highest BCUT2D eigenvalue weighted by atomic mass is 32.2. The molecule has 0 spiro atoms. The summed E-state index contributed by atoms with van der Waals surface area (Å²) in [6, 6.07) is 5.33. The normalized spacial score (nSPS) is 24.3. The van der Waals surface area contributed by atoms with E-state index in [4.69, 9.17) is 5.73 Å². The lowest BCUT2D eigenvalue weighted by atomic mass is 10.0. The van der Waals surface area contributed by atoms with E-state index in [-0.39, 0.29) is 0 Å². The lowest BCUT2D eigenvalue weighted by molar-refractivity contribution is -0.143. The van der Waals surface area contributed by atoms with Crippen LogP contribution in [0.4, 0.5) is 0 Å². The zero-order valence-corrected chi connectivity index (χ0v) is 14.6. The largest absolute Gasteiger partial charge is 0.480 e. The standard InChI is InChI=1S/C16H21N3O5S/c1-16(2)11(15(23)24)19-13(25-16)10(14(21)22)18-12(20)9(17)8-6-4-3-5-7-8/h3-7,9-11,13,19H,17H2,1-2H3,(H,18,20)(H,21,22)(H,23,24)/t9-,10+,11+,13-/m1/s1. The zero-order chi connectivity index (χ0) is 18.8. The van der Waals surface area contributed by atoms with Gasteiger partial charge in [0.1, 0.15) is 12.1 Å². The maximum Gasteiger partial charge on any atom is 0.328 e. The summed E-state index contributed by atoms with van der Waals surface area (Å²) >= 11 is 1.16. The Morgan fingerprint density at radius 1 is 1.24 bits per heavy atom. The van der Waals surface area contributed by atoms with Crippen molar-refractivity contribution in [3.8, 4) is 0 Å². The number of hydrogen-bond acceptors (Lipinski definition) is 6. The second-order valence-electron chi connectivity index (χ2n) is 6.29. The minimum absolute atomic E-state index is 0.555. The molecule has 8 nitrogen and oxygen atoms in total. The fourth-order valence-electron chi connectivity index (χ4n) is 2.65. The van der Waals surface area contributed by atoms with Gasteiger partial charge < -0.3 is 21.3 Å². The molecular formula is C16H21N3O5S. The number of carboxylic acid groups (broad SMARTS) is 2. The molecule has 136 valence electrons. The topological polar surface area (TPSA) is 142 Å². The number of carbonyl (C=O) groups excluding carboxylic acids is 1. The van der Waals surface area contributed by atoms with Gasteiger partial charge >= 0.3 is 11.9 Å². The molecule has 1 amide bonds. The van der Waals surface area contributed by atoms with Crippen molar-refractivity contribution in [1.29, 1.82) is 0 Å². The van der Waals surface area contributed by atoms with E-state index in [0.29, 0.717) is 5.56 Å². The third-order valence-corrected chi connectivity index (χ3v) is 5.52. The van der Waals surface area contributed by atoms with Crippen LogP contribution in [0.25, 0.3) is 0 Å². The summed E-state index contributed by atoms with van der Waals surface area (Å²) in [5, 5.41) is 23.1. The Balaban J connectivity index is 2.13. The monoisotopic (exact) mass is 367 g/mol. The van der Waals surface area contributed by atoms with Crippen molar-refractivity contribution in [3.63, 3.8) is 0 Å². The SMILES string of the molecule is CC1(C)S[C@H]([C@H](NC(=O)[C@H](N)c2ccccc2)C(=O)O)N[C@H]1C(=O)O. The van der Waals surface area contributed by atoms with Crippen molar-refractivity contribution in [2.24, 2.45) is 5.73 Å². The summed E-state index contributed by atoms with van der Waals surface area (Å²) in [5.41, 5.74) is 6.44. The van der Waals surface area contributed by atoms with Crippen LogP contribution in [0.1, 0.15) is 25.5 Å². The van der Waals surface area contributed by atoms with Gasteiger partial charge in [0.15, 0.2) is 6.04 Å². The Morgan fingerprint density at radius 2 is 1.84 bits per heavy atom. The van der Waals surface area contributed by atoms with Gasteiger partial charge in [-0.1, -0.05) is 30.3 Å². The Labute approximate surface area is 149 Å². The highest BCUT2D eigenvalue weighted by molar-refractivity contribution is 8.01. The number of aliphatic carboxylic acids is 2. The number of nitrogens with two attached hydrogens (primary N) is 1. The van der Waals surface area contributed by atoms with E-state index in [1.165, 1.54) is 0 Å². The van der Waals surface area contributed by atoms with Crippen LogP contribution in [0, 0.1) is 0 Å². The number of hydrogen-bond donors (Lipinski definition) is 5. The number of benzene rings is 1. The molecule has 1 aliphatic rings. The molecule has 0 aliphatic carbocycles. The maximum absolute atomic E-state index is 12.3. The Morgan fingerprint density at radius 3 is 2.32 bits per heavy atom. The number of rotatable bonds is 6. The van der Waals surface area contributed by atoms with E-state index in [2.05, 4.69) is 10.6 Å². The molecule has 1 heterocycles. The Hall–Kier alpha value is -2.10. The summed E-state index contributed by atoms with van der Waals surface area (Å²) in [5.74, 6) is -2.98. The molecular weight excluding hydrogens is 346 g/mol. The van der Waals surface area contributed by atoms with Crippen LogP contribution in [0.15, 0.2) is 30.3 Å². The summed E-state index contributed by atoms with van der Waals surface area (Å²) < 4.78 is -0.726. The molecule has 1 fully saturated rings. The summed E-state index contributed by atoms with van der Waals surface area (Å²) in [6.45, 7) is 3.42. The number of nitrogens with one attached hydrogen (secondary N) is 2. The summed E-state index contributed by atoms with van der Waals surface area (Å²) in [6.07, 6.45) is 0. The van der Waals surface area contributed by atoms with Crippen molar-refractivity contribution in [1.82, 2.24) is 10.6 Å². The highest BCUT2D eigenvalue weighted by Gasteiger charge is 2.49. The van der Waals surface area contributed by atoms with E-state index < -0.39 is 46.1 Å². The number of carboxylic acids is 2. The molecule has 25 heavy (non-hydrogen) atoms. The first-order valence-corrected chi connectivity index (χ1v) is 8.52. The van der Waals surface area contributed by atoms with Gasteiger partial charge in [-0.15, -0.1) is 11.8 Å². The Kier molecular flexibility index (Phi) is 5.71. The van der Waals surface area contributed by atoms with Gasteiger partial charge in [0.05, 0.1) is 5.37 Å². The van der Waals surface area contributed by atoms with Crippen LogP contribution >= 0.6 is 11.8 Å². The minimum atomic E-state index is -1.31. The van der Waals surface area contributed by atoms with Crippen LogP contribution < -0.4 is 16.4 Å². The summed E-state index contributed by atoms with van der Waals surface area (Å²) in [7, 11) is 0. The first-order valence-electron chi connectivity index (χ1n) is 7.64. The van der Waals surface area contributed by atoms with E-state index in [0.717, 1.165) is 11.8 Å². The maximum atomic E-state index is 12.3. The van der Waals surface area contributed by atoms with E-state index in [9.17, 15) is 24.6 Å². The van der Waals surface area contributed by atoms with Gasteiger partial charge in [-0.25, -0.2) is 4.79 Å². The molecule has 1 aliphatic heterocycles. The first kappa shape index (κ1) is 19.2. The van der Waals surface area contributed by atoms with Gasteiger partial charge in [0.2, 0.25) is 5.91 Å². The van der Waals surface area contributed by atoms with Gasteiger partial charge in [-0.3, -0.25) is 14.9 Å². The van der Waals surface area contributed by atoms with Crippen LogP contribution in [0.2, 0.25) is 0 Å². The van der Waals surface area contributed by atoms with Gasteiger partial charge in [0, 0.05) is 4.75 Å². The van der Waals surface area contributed by atoms with Crippen LogP contribution in [0.3, 0.4) is 0 Å². The van der Waals surface area contributed by atoms with E-state index >= 15 is 0 Å². The average molecular weight is 367 g/mol. The second kappa shape index (κ2) is 7.42. The average Bonchev–Trinajstić information content (AvgIpc) is 2.87. The molecule has 0 aromatic heterocycles. The lowest BCUT2D eigenvalue weighted by Crippen LogP contribution is -2.55. The zero-order valence-electron chi connectivity index (χ0n) is 13.8. The van der Waals surface area contributed by atoms with Crippen molar-refractivity contribution in [2.45, 2.75) is 42.1 Å². The number of thioether (sulfide) groups is 1. The third-order valence-electron chi connectivity index (χ3n) is 4.01. The first-order chi connectivity index (χ1) is 11.6. The third kappa shape index (κ3) is 4.30. The van der Waals surface area contributed by atoms with Gasteiger partial charge in [-0.05, 0) is 19.4 Å². The minimum Gasteiger partial charge on any atom is -0.480 e. The second-order valence-corrected chi connectivity index (χ2v) is 8.09. The smallest absolute Gasteiger partial charge is 0.328 e. The molecule has 9 heteroatoms. The summed E-state index contributed by atoms with van der Waals surface area (Å²) in [4.78, 5) is 35.3. The van der Waals surface area contributed by atoms with Crippen LogP contribution in [0.5, 0.6) is 0 Å². The van der Waals surface area contributed by atoms with Gasteiger partial charge in [0.25, 0.3) is 0 Å². The van der Waals surface area contributed by atoms with Crippen LogP contribution in [-0.2, 0) is 14.4 Å². The highest BCUT2D eigenvalue weighted by Crippen LogP contribution is 2.39.